The van der Waals surface area contributed by atoms with Gasteiger partial charge in [-0.05, 0) is 12.8 Å². The summed E-state index contributed by atoms with van der Waals surface area (Å²) in [5, 5.41) is 0.0696. The number of rotatable bonds is 0. The Morgan fingerprint density at radius 3 is 3.00 bits per heavy atom. The topological polar surface area (TPSA) is 26.3 Å². The minimum atomic E-state index is -0.0625. The SMILES string of the molecule is O=C1C[C@@H]2CCC[C@@H](Cl)[C@@H]2O1. The molecule has 0 aromatic rings. The normalized spacial score (nSPS) is 43.4. The van der Waals surface area contributed by atoms with E-state index < -0.39 is 0 Å². The first-order chi connectivity index (χ1) is 5.27. The average Bonchev–Trinajstić information content (AvgIpc) is 2.31. The Balaban J connectivity index is 2.09. The molecule has 0 aromatic heterocycles. The minimum Gasteiger partial charge on any atom is -0.460 e. The summed E-state index contributed by atoms with van der Waals surface area (Å²) in [6.45, 7) is 0. The number of hydrogen-bond donors (Lipinski definition) is 0. The number of alkyl halides is 1. The standard InChI is InChI=1S/C8H11ClO2/c9-6-3-1-2-5-4-7(10)11-8(5)6/h5-6,8H,1-4H2/t5-,6+,8+/m0/s1. The molecule has 0 amide bonds. The van der Waals surface area contributed by atoms with E-state index in [0.717, 1.165) is 19.3 Å². The Morgan fingerprint density at radius 2 is 2.27 bits per heavy atom. The van der Waals surface area contributed by atoms with Crippen LogP contribution in [-0.2, 0) is 9.53 Å². The number of halogens is 1. The molecule has 0 N–H and O–H groups in total. The highest BCUT2D eigenvalue weighted by Gasteiger charge is 2.41. The summed E-state index contributed by atoms with van der Waals surface area (Å²) >= 11 is 6.01. The van der Waals surface area contributed by atoms with Gasteiger partial charge in [-0.25, -0.2) is 0 Å². The Hall–Kier alpha value is -0.240. The van der Waals surface area contributed by atoms with Crippen LogP contribution in [0.1, 0.15) is 25.7 Å². The monoisotopic (exact) mass is 174 g/mol. The van der Waals surface area contributed by atoms with Gasteiger partial charge in [0.1, 0.15) is 6.10 Å². The van der Waals surface area contributed by atoms with Crippen molar-refractivity contribution in [1.29, 1.82) is 0 Å². The quantitative estimate of drug-likeness (QED) is 0.413. The third-order valence-corrected chi connectivity index (χ3v) is 3.04. The third-order valence-electron chi connectivity index (χ3n) is 2.57. The van der Waals surface area contributed by atoms with E-state index in [-0.39, 0.29) is 17.5 Å². The molecule has 62 valence electrons. The first-order valence-corrected chi connectivity index (χ1v) is 4.54. The molecule has 2 rings (SSSR count). The van der Waals surface area contributed by atoms with Crippen LogP contribution in [0.25, 0.3) is 0 Å². The Labute approximate surface area is 70.9 Å². The fourth-order valence-electron chi connectivity index (χ4n) is 2.00. The van der Waals surface area contributed by atoms with Gasteiger partial charge in [-0.2, -0.15) is 0 Å². The summed E-state index contributed by atoms with van der Waals surface area (Å²) < 4.78 is 5.11. The van der Waals surface area contributed by atoms with Crippen molar-refractivity contribution >= 4 is 17.6 Å². The molecule has 3 heteroatoms. The van der Waals surface area contributed by atoms with Gasteiger partial charge in [-0.15, -0.1) is 11.6 Å². The van der Waals surface area contributed by atoms with Crippen LogP contribution in [0, 0.1) is 5.92 Å². The van der Waals surface area contributed by atoms with E-state index in [9.17, 15) is 4.79 Å². The minimum absolute atomic E-state index is 0.0258. The van der Waals surface area contributed by atoms with Crippen molar-refractivity contribution in [2.75, 3.05) is 0 Å². The molecule has 1 aliphatic carbocycles. The fourth-order valence-corrected chi connectivity index (χ4v) is 2.41. The second-order valence-electron chi connectivity index (χ2n) is 3.37. The lowest BCUT2D eigenvalue weighted by Crippen LogP contribution is -2.31. The van der Waals surface area contributed by atoms with Crippen LogP contribution in [0.3, 0.4) is 0 Å². The van der Waals surface area contributed by atoms with E-state index >= 15 is 0 Å². The first kappa shape index (κ1) is 7.41. The van der Waals surface area contributed by atoms with Gasteiger partial charge < -0.3 is 4.74 Å². The molecule has 0 unspecified atom stereocenters. The Kier molecular flexibility index (Phi) is 1.80. The molecule has 2 nitrogen and oxygen atoms in total. The number of esters is 1. The molecule has 1 heterocycles. The summed E-state index contributed by atoms with van der Waals surface area (Å²) in [5.74, 6) is 0.353. The van der Waals surface area contributed by atoms with Crippen LogP contribution in [0.4, 0.5) is 0 Å². The van der Waals surface area contributed by atoms with Crippen LogP contribution in [-0.4, -0.2) is 17.5 Å². The van der Waals surface area contributed by atoms with E-state index in [1.165, 1.54) is 0 Å². The number of hydrogen-bond acceptors (Lipinski definition) is 2. The number of carbonyl (C=O) groups is 1. The second-order valence-corrected chi connectivity index (χ2v) is 3.93. The van der Waals surface area contributed by atoms with Gasteiger partial charge in [-0.1, -0.05) is 6.42 Å². The molecule has 0 spiro atoms. The van der Waals surface area contributed by atoms with Crippen LogP contribution in [0.15, 0.2) is 0 Å². The summed E-state index contributed by atoms with van der Waals surface area (Å²) in [4.78, 5) is 10.9. The molecule has 1 aliphatic heterocycles. The van der Waals surface area contributed by atoms with Crippen LogP contribution in [0.2, 0.25) is 0 Å². The second kappa shape index (κ2) is 2.67. The van der Waals surface area contributed by atoms with Gasteiger partial charge in [0.05, 0.1) is 11.8 Å². The molecular weight excluding hydrogens is 164 g/mol. The lowest BCUT2D eigenvalue weighted by Gasteiger charge is -2.27. The van der Waals surface area contributed by atoms with Crippen LogP contribution < -0.4 is 0 Å². The van der Waals surface area contributed by atoms with Gasteiger partial charge in [0.15, 0.2) is 0 Å². The maximum absolute atomic E-state index is 10.9. The van der Waals surface area contributed by atoms with Gasteiger partial charge in [0, 0.05) is 5.92 Å². The highest BCUT2D eigenvalue weighted by Crippen LogP contribution is 2.37. The molecule has 2 aliphatic rings. The fraction of sp³-hybridized carbons (Fsp3) is 0.875. The smallest absolute Gasteiger partial charge is 0.306 e. The maximum atomic E-state index is 10.9. The largest absolute Gasteiger partial charge is 0.460 e. The van der Waals surface area contributed by atoms with Crippen molar-refractivity contribution in [2.24, 2.45) is 5.92 Å². The molecule has 2 fully saturated rings. The molecule has 3 atom stereocenters. The summed E-state index contributed by atoms with van der Waals surface area (Å²) in [7, 11) is 0. The van der Waals surface area contributed by atoms with Crippen molar-refractivity contribution in [3.8, 4) is 0 Å². The summed E-state index contributed by atoms with van der Waals surface area (Å²) in [5.41, 5.74) is 0. The summed E-state index contributed by atoms with van der Waals surface area (Å²) in [6.07, 6.45) is 3.87. The summed E-state index contributed by atoms with van der Waals surface area (Å²) in [6, 6.07) is 0. The van der Waals surface area contributed by atoms with Crippen molar-refractivity contribution < 1.29 is 9.53 Å². The van der Waals surface area contributed by atoms with Crippen LogP contribution >= 0.6 is 11.6 Å². The molecule has 0 bridgehead atoms. The molecule has 1 saturated heterocycles. The molecule has 0 aromatic carbocycles. The van der Waals surface area contributed by atoms with E-state index in [4.69, 9.17) is 16.3 Å². The van der Waals surface area contributed by atoms with Gasteiger partial charge >= 0.3 is 5.97 Å². The lowest BCUT2D eigenvalue weighted by atomic mass is 9.86. The predicted molar refractivity (Wildman–Crippen MR) is 41.5 cm³/mol. The third kappa shape index (κ3) is 1.24. The van der Waals surface area contributed by atoms with E-state index in [2.05, 4.69) is 0 Å². The number of fused-ring (bicyclic) bond motifs is 1. The van der Waals surface area contributed by atoms with E-state index in [1.807, 2.05) is 0 Å². The highest BCUT2D eigenvalue weighted by atomic mass is 35.5. The van der Waals surface area contributed by atoms with Gasteiger partial charge in [0.25, 0.3) is 0 Å². The maximum Gasteiger partial charge on any atom is 0.306 e. The molecule has 1 saturated carbocycles. The van der Waals surface area contributed by atoms with E-state index in [0.29, 0.717) is 12.3 Å². The van der Waals surface area contributed by atoms with Crippen molar-refractivity contribution in [1.82, 2.24) is 0 Å². The van der Waals surface area contributed by atoms with Crippen LogP contribution in [0.5, 0.6) is 0 Å². The lowest BCUT2D eigenvalue weighted by molar-refractivity contribution is -0.141. The Morgan fingerprint density at radius 1 is 1.45 bits per heavy atom. The average molecular weight is 175 g/mol. The first-order valence-electron chi connectivity index (χ1n) is 4.11. The number of ether oxygens (including phenoxy) is 1. The molecular formula is C8H11ClO2. The molecule has 0 radical (unpaired) electrons. The Bertz CT molecular complexity index is 181. The zero-order chi connectivity index (χ0) is 7.84. The molecule has 11 heavy (non-hydrogen) atoms. The van der Waals surface area contributed by atoms with Gasteiger partial charge in [0.2, 0.25) is 0 Å². The van der Waals surface area contributed by atoms with Crippen molar-refractivity contribution in [3.05, 3.63) is 0 Å². The number of carbonyl (C=O) groups excluding carboxylic acids is 1. The zero-order valence-corrected chi connectivity index (χ0v) is 7.01. The van der Waals surface area contributed by atoms with E-state index in [1.54, 1.807) is 0 Å². The van der Waals surface area contributed by atoms with Crippen molar-refractivity contribution in [3.63, 3.8) is 0 Å². The predicted octanol–water partition coefficient (Wildman–Crippen LogP) is 1.71. The van der Waals surface area contributed by atoms with Crippen molar-refractivity contribution in [2.45, 2.75) is 37.2 Å². The zero-order valence-electron chi connectivity index (χ0n) is 6.25. The highest BCUT2D eigenvalue weighted by molar-refractivity contribution is 6.21. The van der Waals surface area contributed by atoms with Gasteiger partial charge in [-0.3, -0.25) is 4.79 Å².